The molecular formula is C17H24N2O3. The monoisotopic (exact) mass is 304 g/mol. The average molecular weight is 304 g/mol. The van der Waals surface area contributed by atoms with Gasteiger partial charge in [0.2, 0.25) is 0 Å². The third-order valence-electron chi connectivity index (χ3n) is 4.67. The van der Waals surface area contributed by atoms with Crippen LogP contribution in [0, 0.1) is 0 Å². The summed E-state index contributed by atoms with van der Waals surface area (Å²) in [6, 6.07) is 7.39. The van der Waals surface area contributed by atoms with Crippen LogP contribution in [0.5, 0.6) is 5.75 Å². The SMILES string of the molecule is C[C@@H](CO)NC(=O)NC1CC2(CCCC2)Oc2ccccc21. The molecule has 0 radical (unpaired) electrons. The summed E-state index contributed by atoms with van der Waals surface area (Å²) in [4.78, 5) is 12.1. The van der Waals surface area contributed by atoms with Crippen LogP contribution in [0.2, 0.25) is 0 Å². The zero-order valence-electron chi connectivity index (χ0n) is 13.0. The molecule has 2 aliphatic rings. The summed E-state index contributed by atoms with van der Waals surface area (Å²) in [6.45, 7) is 1.71. The first-order chi connectivity index (χ1) is 10.6. The lowest BCUT2D eigenvalue weighted by Crippen LogP contribution is -2.48. The van der Waals surface area contributed by atoms with Gasteiger partial charge >= 0.3 is 6.03 Å². The smallest absolute Gasteiger partial charge is 0.315 e. The highest BCUT2D eigenvalue weighted by Gasteiger charge is 2.43. The molecule has 3 N–H and O–H groups in total. The van der Waals surface area contributed by atoms with Crippen molar-refractivity contribution in [2.24, 2.45) is 0 Å². The largest absolute Gasteiger partial charge is 0.487 e. The van der Waals surface area contributed by atoms with Gasteiger partial charge in [-0.15, -0.1) is 0 Å². The fourth-order valence-electron chi connectivity index (χ4n) is 3.54. The minimum atomic E-state index is -0.254. The standard InChI is InChI=1S/C17H24N2O3/c1-12(11-20)18-16(21)19-14-10-17(8-4-5-9-17)22-15-7-3-2-6-13(14)15/h2-3,6-7,12,14,20H,4-5,8-11H2,1H3,(H2,18,19,21)/t12-,14?/m0/s1. The van der Waals surface area contributed by atoms with E-state index in [1.807, 2.05) is 24.3 Å². The second-order valence-electron chi connectivity index (χ2n) is 6.49. The number of ether oxygens (including phenoxy) is 1. The van der Waals surface area contributed by atoms with Crippen LogP contribution in [0.1, 0.15) is 50.6 Å². The third-order valence-corrected chi connectivity index (χ3v) is 4.67. The van der Waals surface area contributed by atoms with E-state index in [-0.39, 0.29) is 30.3 Å². The molecule has 3 rings (SSSR count). The summed E-state index contributed by atoms with van der Waals surface area (Å²) in [7, 11) is 0. The van der Waals surface area contributed by atoms with Gasteiger partial charge in [0.05, 0.1) is 18.7 Å². The molecule has 0 aromatic heterocycles. The molecule has 5 nitrogen and oxygen atoms in total. The van der Waals surface area contributed by atoms with E-state index in [2.05, 4.69) is 10.6 Å². The van der Waals surface area contributed by atoms with Gasteiger partial charge in [0, 0.05) is 12.0 Å². The van der Waals surface area contributed by atoms with Crippen molar-refractivity contribution >= 4 is 6.03 Å². The fraction of sp³-hybridized carbons (Fsp3) is 0.588. The Morgan fingerprint density at radius 3 is 2.86 bits per heavy atom. The first-order valence-corrected chi connectivity index (χ1v) is 8.08. The molecule has 2 atom stereocenters. The molecule has 1 aromatic rings. The Morgan fingerprint density at radius 1 is 1.41 bits per heavy atom. The molecule has 1 aliphatic heterocycles. The van der Waals surface area contributed by atoms with E-state index in [4.69, 9.17) is 9.84 Å². The Hall–Kier alpha value is -1.75. The van der Waals surface area contributed by atoms with Crippen molar-refractivity contribution < 1.29 is 14.6 Å². The zero-order chi connectivity index (χ0) is 15.6. The van der Waals surface area contributed by atoms with E-state index < -0.39 is 0 Å². The maximum absolute atomic E-state index is 12.1. The quantitative estimate of drug-likeness (QED) is 0.803. The van der Waals surface area contributed by atoms with Crippen molar-refractivity contribution in [3.8, 4) is 5.75 Å². The Labute approximate surface area is 131 Å². The van der Waals surface area contributed by atoms with Gasteiger partial charge in [-0.05, 0) is 38.7 Å². The number of fused-ring (bicyclic) bond motifs is 1. The summed E-state index contributed by atoms with van der Waals surface area (Å²) >= 11 is 0. The Kier molecular flexibility index (Phi) is 4.25. The highest BCUT2D eigenvalue weighted by Crippen LogP contribution is 2.46. The number of carbonyl (C=O) groups is 1. The summed E-state index contributed by atoms with van der Waals surface area (Å²) in [5, 5.41) is 14.8. The number of hydrogen-bond donors (Lipinski definition) is 3. The van der Waals surface area contributed by atoms with Crippen molar-refractivity contribution in [3.63, 3.8) is 0 Å². The minimum absolute atomic E-state index is 0.0473. The van der Waals surface area contributed by atoms with Gasteiger partial charge in [-0.2, -0.15) is 0 Å². The normalized spacial score (nSPS) is 23.5. The van der Waals surface area contributed by atoms with Gasteiger partial charge in [-0.25, -0.2) is 4.79 Å². The molecule has 1 heterocycles. The van der Waals surface area contributed by atoms with Crippen molar-refractivity contribution in [1.82, 2.24) is 10.6 Å². The molecule has 5 heteroatoms. The Morgan fingerprint density at radius 2 is 2.14 bits per heavy atom. The number of para-hydroxylation sites is 1. The molecular weight excluding hydrogens is 280 g/mol. The van der Waals surface area contributed by atoms with Crippen LogP contribution in [-0.4, -0.2) is 29.4 Å². The van der Waals surface area contributed by atoms with Gasteiger partial charge in [0.15, 0.2) is 0 Å². The van der Waals surface area contributed by atoms with Gasteiger partial charge in [-0.1, -0.05) is 18.2 Å². The summed E-state index contributed by atoms with van der Waals surface area (Å²) in [6.07, 6.45) is 5.28. The van der Waals surface area contributed by atoms with Crippen molar-refractivity contribution in [2.45, 2.75) is 56.7 Å². The number of benzene rings is 1. The molecule has 1 saturated carbocycles. The molecule has 0 saturated heterocycles. The van der Waals surface area contributed by atoms with Gasteiger partial charge in [0.1, 0.15) is 11.4 Å². The highest BCUT2D eigenvalue weighted by molar-refractivity contribution is 5.75. The van der Waals surface area contributed by atoms with E-state index >= 15 is 0 Å². The van der Waals surface area contributed by atoms with E-state index in [1.165, 1.54) is 12.8 Å². The van der Waals surface area contributed by atoms with Gasteiger partial charge in [-0.3, -0.25) is 0 Å². The third kappa shape index (κ3) is 3.04. The molecule has 1 aliphatic carbocycles. The lowest BCUT2D eigenvalue weighted by atomic mass is 9.86. The first-order valence-electron chi connectivity index (χ1n) is 8.08. The van der Waals surface area contributed by atoms with Crippen LogP contribution in [0.25, 0.3) is 0 Å². The predicted molar refractivity (Wildman–Crippen MR) is 83.8 cm³/mol. The van der Waals surface area contributed by atoms with Crippen molar-refractivity contribution in [3.05, 3.63) is 29.8 Å². The number of carbonyl (C=O) groups excluding carboxylic acids is 1. The van der Waals surface area contributed by atoms with Gasteiger partial charge in [0.25, 0.3) is 0 Å². The lowest BCUT2D eigenvalue weighted by Gasteiger charge is -2.40. The number of hydrogen-bond acceptors (Lipinski definition) is 3. The number of rotatable bonds is 3. The summed E-state index contributed by atoms with van der Waals surface area (Å²) < 4.78 is 6.28. The molecule has 120 valence electrons. The molecule has 1 spiro atoms. The Balaban J connectivity index is 1.78. The van der Waals surface area contributed by atoms with E-state index in [1.54, 1.807) is 6.92 Å². The highest BCUT2D eigenvalue weighted by atomic mass is 16.5. The molecule has 1 unspecified atom stereocenters. The minimum Gasteiger partial charge on any atom is -0.487 e. The number of aliphatic hydroxyl groups is 1. The predicted octanol–water partition coefficient (Wildman–Crippen LogP) is 2.50. The van der Waals surface area contributed by atoms with Crippen LogP contribution in [0.3, 0.4) is 0 Å². The van der Waals surface area contributed by atoms with Crippen molar-refractivity contribution in [1.29, 1.82) is 0 Å². The maximum Gasteiger partial charge on any atom is 0.315 e. The first kappa shape index (κ1) is 15.2. The second-order valence-corrected chi connectivity index (χ2v) is 6.49. The maximum atomic E-state index is 12.1. The van der Waals surface area contributed by atoms with Crippen LogP contribution in [0.4, 0.5) is 4.79 Å². The molecule has 2 amide bonds. The number of aliphatic hydroxyl groups excluding tert-OH is 1. The van der Waals surface area contributed by atoms with Crippen LogP contribution < -0.4 is 15.4 Å². The zero-order valence-corrected chi connectivity index (χ0v) is 13.0. The average Bonchev–Trinajstić information content (AvgIpc) is 2.94. The number of urea groups is 1. The molecule has 22 heavy (non-hydrogen) atoms. The fourth-order valence-corrected chi connectivity index (χ4v) is 3.54. The second kappa shape index (κ2) is 6.16. The lowest BCUT2D eigenvalue weighted by molar-refractivity contribution is 0.0384. The van der Waals surface area contributed by atoms with E-state index in [0.717, 1.165) is 30.6 Å². The van der Waals surface area contributed by atoms with E-state index in [9.17, 15) is 4.79 Å². The van der Waals surface area contributed by atoms with E-state index in [0.29, 0.717) is 0 Å². The van der Waals surface area contributed by atoms with Crippen molar-refractivity contribution in [2.75, 3.05) is 6.61 Å². The van der Waals surface area contributed by atoms with Crippen LogP contribution in [0.15, 0.2) is 24.3 Å². The van der Waals surface area contributed by atoms with Gasteiger partial charge < -0.3 is 20.5 Å². The van der Waals surface area contributed by atoms with Crippen LogP contribution in [-0.2, 0) is 0 Å². The topological polar surface area (TPSA) is 70.6 Å². The number of nitrogens with one attached hydrogen (secondary N) is 2. The Bertz CT molecular complexity index is 540. The van der Waals surface area contributed by atoms with Crippen LogP contribution >= 0.6 is 0 Å². The number of amides is 2. The molecule has 1 aromatic carbocycles. The summed E-state index contributed by atoms with van der Waals surface area (Å²) in [5.41, 5.74) is 0.904. The summed E-state index contributed by atoms with van der Waals surface area (Å²) in [5.74, 6) is 0.885. The molecule has 1 fully saturated rings. The molecule has 0 bridgehead atoms.